The molecule has 116 valence electrons. The highest BCUT2D eigenvalue weighted by Gasteiger charge is 2.29. The van der Waals surface area contributed by atoms with Crippen LogP contribution in [0, 0.1) is 6.92 Å². The molecule has 2 N–H and O–H groups in total. The average Bonchev–Trinajstić information content (AvgIpc) is 2.97. The van der Waals surface area contributed by atoms with E-state index in [4.69, 9.17) is 0 Å². The third-order valence-electron chi connectivity index (χ3n) is 3.93. The maximum atomic E-state index is 12.4. The maximum Gasteiger partial charge on any atom is 0.318 e. The van der Waals surface area contributed by atoms with E-state index in [9.17, 15) is 9.90 Å². The molecule has 0 saturated heterocycles. The van der Waals surface area contributed by atoms with Crippen LogP contribution in [0.15, 0.2) is 30.5 Å². The molecule has 1 atom stereocenters. The number of nitrogens with one attached hydrogen (secondary N) is 1. The number of fused-ring (bicyclic) bond motifs is 1. The van der Waals surface area contributed by atoms with Crippen molar-refractivity contribution in [1.82, 2.24) is 15.2 Å². The van der Waals surface area contributed by atoms with Crippen LogP contribution in [-0.4, -0.2) is 34.2 Å². The first-order chi connectivity index (χ1) is 10.7. The number of hydrogen-bond acceptors (Lipinski definition) is 4. The monoisotopic (exact) mass is 317 g/mol. The fourth-order valence-corrected chi connectivity index (χ4v) is 3.58. The fourth-order valence-electron chi connectivity index (χ4n) is 2.84. The van der Waals surface area contributed by atoms with Crippen LogP contribution in [0.4, 0.5) is 4.79 Å². The summed E-state index contributed by atoms with van der Waals surface area (Å²) in [5.41, 5.74) is 2.25. The van der Waals surface area contributed by atoms with E-state index in [1.165, 1.54) is 5.56 Å². The van der Waals surface area contributed by atoms with Crippen LogP contribution in [0.2, 0.25) is 0 Å². The molecule has 0 aliphatic carbocycles. The van der Waals surface area contributed by atoms with Gasteiger partial charge in [0.25, 0.3) is 0 Å². The van der Waals surface area contributed by atoms with E-state index in [1.54, 1.807) is 22.4 Å². The lowest BCUT2D eigenvalue weighted by Gasteiger charge is -2.36. The number of thiazole rings is 1. The van der Waals surface area contributed by atoms with Crippen LogP contribution in [0.25, 0.3) is 0 Å². The number of aryl methyl sites for hydroxylation is 1. The Morgan fingerprint density at radius 1 is 1.50 bits per heavy atom. The second kappa shape index (κ2) is 6.46. The largest absolute Gasteiger partial charge is 0.394 e. The zero-order valence-electron chi connectivity index (χ0n) is 12.5. The van der Waals surface area contributed by atoms with Crippen LogP contribution >= 0.6 is 11.3 Å². The molecular formula is C16H19N3O2S. The Morgan fingerprint density at radius 3 is 3.05 bits per heavy atom. The van der Waals surface area contributed by atoms with Gasteiger partial charge in [0.1, 0.15) is 0 Å². The molecule has 6 heteroatoms. The van der Waals surface area contributed by atoms with E-state index in [-0.39, 0.29) is 18.7 Å². The van der Waals surface area contributed by atoms with Crippen LogP contribution < -0.4 is 5.32 Å². The Kier molecular flexibility index (Phi) is 4.40. The summed E-state index contributed by atoms with van der Waals surface area (Å²) < 4.78 is 0. The number of carbonyl (C=O) groups excluding carboxylic acids is 1. The molecule has 0 radical (unpaired) electrons. The van der Waals surface area contributed by atoms with E-state index in [2.05, 4.69) is 16.4 Å². The summed E-state index contributed by atoms with van der Waals surface area (Å²) in [5, 5.41) is 13.6. The summed E-state index contributed by atoms with van der Waals surface area (Å²) in [6, 6.07) is 7.58. The molecule has 2 heterocycles. The van der Waals surface area contributed by atoms with Gasteiger partial charge in [-0.15, -0.1) is 11.3 Å². The molecule has 2 amide bonds. The van der Waals surface area contributed by atoms with Gasteiger partial charge in [0.15, 0.2) is 0 Å². The van der Waals surface area contributed by atoms with Crippen LogP contribution in [0.5, 0.6) is 0 Å². The zero-order chi connectivity index (χ0) is 15.5. The summed E-state index contributed by atoms with van der Waals surface area (Å²) in [4.78, 5) is 19.4. The van der Waals surface area contributed by atoms with Crippen molar-refractivity contribution in [2.45, 2.75) is 25.9 Å². The first-order valence-corrected chi connectivity index (χ1v) is 8.15. The van der Waals surface area contributed by atoms with Crippen molar-refractivity contribution in [2.75, 3.05) is 13.2 Å². The number of carbonyl (C=O) groups is 1. The number of aliphatic hydroxyl groups excluding tert-OH is 1. The number of benzene rings is 1. The Morgan fingerprint density at radius 2 is 2.32 bits per heavy atom. The van der Waals surface area contributed by atoms with E-state index in [0.717, 1.165) is 21.9 Å². The summed E-state index contributed by atoms with van der Waals surface area (Å²) in [6.45, 7) is 2.97. The van der Waals surface area contributed by atoms with Gasteiger partial charge in [0.05, 0.1) is 24.2 Å². The molecule has 1 unspecified atom stereocenters. The Bertz CT molecular complexity index is 671. The molecule has 1 aromatic carbocycles. The van der Waals surface area contributed by atoms with Gasteiger partial charge >= 0.3 is 6.03 Å². The highest BCUT2D eigenvalue weighted by atomic mass is 32.1. The van der Waals surface area contributed by atoms with Crippen LogP contribution in [0.3, 0.4) is 0 Å². The SMILES string of the molecule is Cc1ncc(CNC(=O)N2CCc3ccccc3C2CO)s1. The molecule has 22 heavy (non-hydrogen) atoms. The van der Waals surface area contributed by atoms with Crippen LogP contribution in [-0.2, 0) is 13.0 Å². The second-order valence-electron chi connectivity index (χ2n) is 5.34. The average molecular weight is 317 g/mol. The number of aromatic nitrogens is 1. The van der Waals surface area contributed by atoms with Gasteiger partial charge < -0.3 is 15.3 Å². The number of rotatable bonds is 3. The molecule has 1 aliphatic heterocycles. The van der Waals surface area contributed by atoms with Crippen molar-refractivity contribution in [3.05, 3.63) is 51.5 Å². The number of urea groups is 1. The molecular weight excluding hydrogens is 298 g/mol. The van der Waals surface area contributed by atoms with Gasteiger partial charge in [-0.1, -0.05) is 24.3 Å². The highest BCUT2D eigenvalue weighted by Crippen LogP contribution is 2.29. The van der Waals surface area contributed by atoms with Crippen molar-refractivity contribution in [3.63, 3.8) is 0 Å². The smallest absolute Gasteiger partial charge is 0.318 e. The maximum absolute atomic E-state index is 12.4. The predicted molar refractivity (Wildman–Crippen MR) is 85.8 cm³/mol. The molecule has 0 spiro atoms. The predicted octanol–water partition coefficient (Wildman–Crippen LogP) is 2.25. The minimum atomic E-state index is -0.270. The zero-order valence-corrected chi connectivity index (χ0v) is 13.3. The lowest BCUT2D eigenvalue weighted by atomic mass is 9.93. The van der Waals surface area contributed by atoms with Crippen molar-refractivity contribution < 1.29 is 9.90 Å². The van der Waals surface area contributed by atoms with Crippen molar-refractivity contribution >= 4 is 17.4 Å². The third-order valence-corrected chi connectivity index (χ3v) is 4.84. The van der Waals surface area contributed by atoms with E-state index < -0.39 is 0 Å². The molecule has 3 rings (SSSR count). The number of aliphatic hydroxyl groups is 1. The third kappa shape index (κ3) is 2.98. The normalized spacial score (nSPS) is 17.2. The second-order valence-corrected chi connectivity index (χ2v) is 6.66. The molecule has 0 fully saturated rings. The molecule has 2 aromatic rings. The van der Waals surface area contributed by atoms with Crippen molar-refractivity contribution in [1.29, 1.82) is 0 Å². The standard InChI is InChI=1S/C16H19N3O2S/c1-11-17-8-13(22-11)9-18-16(21)19-7-6-12-4-2-3-5-14(12)15(19)10-20/h2-5,8,15,20H,6-7,9-10H2,1H3,(H,18,21). The Balaban J connectivity index is 1.70. The molecule has 1 aliphatic rings. The molecule has 0 saturated carbocycles. The van der Waals surface area contributed by atoms with Crippen molar-refractivity contribution in [3.8, 4) is 0 Å². The van der Waals surface area contributed by atoms with Crippen molar-refractivity contribution in [2.24, 2.45) is 0 Å². The topological polar surface area (TPSA) is 65.5 Å². The Labute approximate surface area is 133 Å². The number of hydrogen-bond donors (Lipinski definition) is 2. The quantitative estimate of drug-likeness (QED) is 0.912. The molecule has 5 nitrogen and oxygen atoms in total. The van der Waals surface area contributed by atoms with Gasteiger partial charge in [-0.05, 0) is 24.5 Å². The van der Waals surface area contributed by atoms with Gasteiger partial charge in [0.2, 0.25) is 0 Å². The lowest BCUT2D eigenvalue weighted by molar-refractivity contribution is 0.127. The van der Waals surface area contributed by atoms with E-state index in [1.807, 2.05) is 25.1 Å². The van der Waals surface area contributed by atoms with Gasteiger partial charge in [-0.3, -0.25) is 0 Å². The molecule has 0 bridgehead atoms. The van der Waals surface area contributed by atoms with Gasteiger partial charge in [0, 0.05) is 17.6 Å². The van der Waals surface area contributed by atoms with E-state index >= 15 is 0 Å². The molecule has 1 aromatic heterocycles. The number of nitrogens with zero attached hydrogens (tertiary/aromatic N) is 2. The minimum absolute atomic E-state index is 0.0654. The van der Waals surface area contributed by atoms with Gasteiger partial charge in [-0.2, -0.15) is 0 Å². The fraction of sp³-hybridized carbons (Fsp3) is 0.375. The highest BCUT2D eigenvalue weighted by molar-refractivity contribution is 7.11. The first-order valence-electron chi connectivity index (χ1n) is 7.33. The van der Waals surface area contributed by atoms with Crippen LogP contribution in [0.1, 0.15) is 27.1 Å². The first kappa shape index (κ1) is 15.0. The summed E-state index contributed by atoms with van der Waals surface area (Å²) in [5.74, 6) is 0. The Hall–Kier alpha value is -1.92. The number of amides is 2. The summed E-state index contributed by atoms with van der Waals surface area (Å²) in [7, 11) is 0. The van der Waals surface area contributed by atoms with E-state index in [0.29, 0.717) is 13.1 Å². The minimum Gasteiger partial charge on any atom is -0.394 e. The summed E-state index contributed by atoms with van der Waals surface area (Å²) >= 11 is 1.58. The lowest BCUT2D eigenvalue weighted by Crippen LogP contribution is -2.46. The summed E-state index contributed by atoms with van der Waals surface area (Å²) in [6.07, 6.45) is 2.61. The van der Waals surface area contributed by atoms with Gasteiger partial charge in [-0.25, -0.2) is 9.78 Å².